The minimum Gasteiger partial charge on any atom is -0.366 e. The molecule has 0 bridgehead atoms. The molecule has 0 saturated carbocycles. The number of anilines is 2. The normalized spacial score (nSPS) is 14.1. The molecule has 0 radical (unpaired) electrons. The number of nitrogens with one attached hydrogen (secondary N) is 1. The zero-order valence-corrected chi connectivity index (χ0v) is 15.8. The molecule has 1 aliphatic rings. The van der Waals surface area contributed by atoms with Crippen molar-refractivity contribution in [2.45, 2.75) is 17.7 Å². The number of hydrogen-bond donors (Lipinski definition) is 1. The van der Waals surface area contributed by atoms with Crippen molar-refractivity contribution in [2.75, 3.05) is 29.6 Å². The van der Waals surface area contributed by atoms with Crippen LogP contribution in [0.15, 0.2) is 41.3 Å². The first kappa shape index (κ1) is 19.7. The van der Waals surface area contributed by atoms with E-state index in [1.807, 2.05) is 4.90 Å². The van der Waals surface area contributed by atoms with Crippen LogP contribution in [0.1, 0.15) is 23.2 Å². The number of halogens is 1. The van der Waals surface area contributed by atoms with E-state index in [-0.39, 0.29) is 21.8 Å². The molecule has 2 aromatic rings. The highest BCUT2D eigenvalue weighted by molar-refractivity contribution is 7.90. The predicted molar refractivity (Wildman–Crippen MR) is 102 cm³/mol. The Balaban J connectivity index is 1.91. The van der Waals surface area contributed by atoms with Crippen molar-refractivity contribution in [1.82, 2.24) is 0 Å². The standard InChI is InChI=1S/C18H18FN3O5S/c1-28(26,27)13-5-6-14(19)15(11-13)20-18(23)12-4-7-16(17(10-12)22(24)25)21-8-2-3-9-21/h4-7,10-11H,2-3,8-9H2,1H3,(H,20,23). The minimum absolute atomic E-state index is 0.0289. The van der Waals surface area contributed by atoms with Crippen LogP contribution in [0.25, 0.3) is 0 Å². The second-order valence-corrected chi connectivity index (χ2v) is 8.54. The number of carbonyl (C=O) groups excluding carboxylic acids is 1. The maximum Gasteiger partial charge on any atom is 0.293 e. The molecule has 1 heterocycles. The quantitative estimate of drug-likeness (QED) is 0.464. The van der Waals surface area contributed by atoms with Crippen molar-refractivity contribution in [2.24, 2.45) is 0 Å². The van der Waals surface area contributed by atoms with Gasteiger partial charge in [-0.1, -0.05) is 0 Å². The van der Waals surface area contributed by atoms with Crippen LogP contribution in [0.2, 0.25) is 0 Å². The lowest BCUT2D eigenvalue weighted by molar-refractivity contribution is -0.384. The summed E-state index contributed by atoms with van der Waals surface area (Å²) in [4.78, 5) is 25.1. The number of amides is 1. The molecule has 1 fully saturated rings. The van der Waals surface area contributed by atoms with Gasteiger partial charge in [0.2, 0.25) is 0 Å². The number of rotatable bonds is 5. The summed E-state index contributed by atoms with van der Waals surface area (Å²) in [5.41, 5.74) is -0.123. The Kier molecular flexibility index (Phi) is 5.32. The largest absolute Gasteiger partial charge is 0.366 e. The molecule has 1 saturated heterocycles. The van der Waals surface area contributed by atoms with Crippen molar-refractivity contribution < 1.29 is 22.5 Å². The molecule has 0 unspecified atom stereocenters. The topological polar surface area (TPSA) is 110 Å². The van der Waals surface area contributed by atoms with Crippen molar-refractivity contribution in [3.05, 3.63) is 57.9 Å². The van der Waals surface area contributed by atoms with Gasteiger partial charge in [-0.05, 0) is 43.2 Å². The van der Waals surface area contributed by atoms with Crippen LogP contribution in [0, 0.1) is 15.9 Å². The molecule has 3 rings (SSSR count). The predicted octanol–water partition coefficient (Wildman–Crippen LogP) is 2.99. The Labute approximate surface area is 161 Å². The smallest absolute Gasteiger partial charge is 0.293 e. The summed E-state index contributed by atoms with van der Waals surface area (Å²) in [5, 5.41) is 13.7. The fourth-order valence-electron chi connectivity index (χ4n) is 3.06. The molecule has 0 aliphatic carbocycles. The molecule has 28 heavy (non-hydrogen) atoms. The molecular formula is C18H18FN3O5S. The molecular weight excluding hydrogens is 389 g/mol. The van der Waals surface area contributed by atoms with Gasteiger partial charge in [0.1, 0.15) is 11.5 Å². The van der Waals surface area contributed by atoms with Crippen LogP contribution in [0.3, 0.4) is 0 Å². The van der Waals surface area contributed by atoms with E-state index < -0.39 is 26.5 Å². The maximum absolute atomic E-state index is 14.0. The lowest BCUT2D eigenvalue weighted by Crippen LogP contribution is -2.20. The van der Waals surface area contributed by atoms with Gasteiger partial charge in [0.25, 0.3) is 11.6 Å². The third-order valence-corrected chi connectivity index (χ3v) is 5.61. The van der Waals surface area contributed by atoms with E-state index in [1.165, 1.54) is 12.1 Å². The van der Waals surface area contributed by atoms with Crippen molar-refractivity contribution in [3.63, 3.8) is 0 Å². The SMILES string of the molecule is CS(=O)(=O)c1ccc(F)c(NC(=O)c2ccc(N3CCCC3)c([N+](=O)[O-])c2)c1. The zero-order valence-electron chi connectivity index (χ0n) is 15.0. The van der Waals surface area contributed by atoms with E-state index in [9.17, 15) is 27.7 Å². The Morgan fingerprint density at radius 3 is 2.46 bits per heavy atom. The third-order valence-electron chi connectivity index (χ3n) is 4.50. The Morgan fingerprint density at radius 1 is 1.18 bits per heavy atom. The van der Waals surface area contributed by atoms with Crippen LogP contribution < -0.4 is 10.2 Å². The van der Waals surface area contributed by atoms with Crippen LogP contribution >= 0.6 is 0 Å². The molecule has 0 atom stereocenters. The Morgan fingerprint density at radius 2 is 1.86 bits per heavy atom. The summed E-state index contributed by atoms with van der Waals surface area (Å²) in [5.74, 6) is -1.59. The van der Waals surface area contributed by atoms with E-state index in [0.29, 0.717) is 18.8 Å². The number of sulfone groups is 1. The number of nitro benzene ring substituents is 1. The maximum atomic E-state index is 14.0. The monoisotopic (exact) mass is 407 g/mol. The van der Waals surface area contributed by atoms with Gasteiger partial charge < -0.3 is 10.2 Å². The molecule has 2 aromatic carbocycles. The lowest BCUT2D eigenvalue weighted by atomic mass is 10.1. The van der Waals surface area contributed by atoms with Gasteiger partial charge in [0, 0.05) is 31.0 Å². The highest BCUT2D eigenvalue weighted by atomic mass is 32.2. The summed E-state index contributed by atoms with van der Waals surface area (Å²) in [6, 6.07) is 7.10. The van der Waals surface area contributed by atoms with E-state index >= 15 is 0 Å². The number of nitro groups is 1. The van der Waals surface area contributed by atoms with Crippen molar-refractivity contribution in [3.8, 4) is 0 Å². The van der Waals surface area contributed by atoms with E-state index in [2.05, 4.69) is 5.32 Å². The fourth-order valence-corrected chi connectivity index (χ4v) is 3.71. The molecule has 10 heteroatoms. The summed E-state index contributed by atoms with van der Waals surface area (Å²) in [6.45, 7) is 1.41. The fraction of sp³-hybridized carbons (Fsp3) is 0.278. The number of nitrogens with zero attached hydrogens (tertiary/aromatic N) is 2. The Bertz CT molecular complexity index is 1050. The summed E-state index contributed by atoms with van der Waals surface area (Å²) in [7, 11) is -3.59. The van der Waals surface area contributed by atoms with Crippen LogP contribution in [0.5, 0.6) is 0 Å². The number of benzene rings is 2. The minimum atomic E-state index is -3.59. The number of hydrogen-bond acceptors (Lipinski definition) is 6. The molecule has 1 N–H and O–H groups in total. The molecule has 0 aromatic heterocycles. The molecule has 1 aliphatic heterocycles. The summed E-state index contributed by atoms with van der Waals surface area (Å²) in [6.07, 6.45) is 2.84. The van der Waals surface area contributed by atoms with Gasteiger partial charge in [0.15, 0.2) is 9.84 Å². The first-order valence-electron chi connectivity index (χ1n) is 8.51. The van der Waals surface area contributed by atoms with Gasteiger partial charge in [-0.15, -0.1) is 0 Å². The lowest BCUT2D eigenvalue weighted by Gasteiger charge is -2.18. The molecule has 8 nitrogen and oxygen atoms in total. The second kappa shape index (κ2) is 7.55. The van der Waals surface area contributed by atoms with Gasteiger partial charge in [-0.3, -0.25) is 14.9 Å². The van der Waals surface area contributed by atoms with Crippen molar-refractivity contribution in [1.29, 1.82) is 0 Å². The summed E-state index contributed by atoms with van der Waals surface area (Å²) < 4.78 is 37.2. The van der Waals surface area contributed by atoms with Gasteiger partial charge in [-0.25, -0.2) is 12.8 Å². The van der Waals surface area contributed by atoms with Crippen LogP contribution in [0.4, 0.5) is 21.5 Å². The first-order valence-corrected chi connectivity index (χ1v) is 10.4. The first-order chi connectivity index (χ1) is 13.2. The molecule has 0 spiro atoms. The number of carbonyl (C=O) groups is 1. The van der Waals surface area contributed by atoms with Gasteiger partial charge >= 0.3 is 0 Å². The average molecular weight is 407 g/mol. The molecule has 1 amide bonds. The average Bonchev–Trinajstić information content (AvgIpc) is 3.16. The van der Waals surface area contributed by atoms with E-state index in [4.69, 9.17) is 0 Å². The van der Waals surface area contributed by atoms with E-state index in [0.717, 1.165) is 43.4 Å². The highest BCUT2D eigenvalue weighted by Gasteiger charge is 2.24. The second-order valence-electron chi connectivity index (χ2n) is 6.52. The Hall–Kier alpha value is -3.01. The van der Waals surface area contributed by atoms with Crippen molar-refractivity contribution >= 4 is 32.8 Å². The van der Waals surface area contributed by atoms with Gasteiger partial charge in [0.05, 0.1) is 15.5 Å². The highest BCUT2D eigenvalue weighted by Crippen LogP contribution is 2.32. The molecule has 148 valence electrons. The van der Waals surface area contributed by atoms with E-state index in [1.54, 1.807) is 0 Å². The van der Waals surface area contributed by atoms with Crippen LogP contribution in [-0.4, -0.2) is 38.6 Å². The van der Waals surface area contributed by atoms with Crippen LogP contribution in [-0.2, 0) is 9.84 Å². The van der Waals surface area contributed by atoms with Gasteiger partial charge in [-0.2, -0.15) is 0 Å². The zero-order chi connectivity index (χ0) is 20.5. The summed E-state index contributed by atoms with van der Waals surface area (Å²) >= 11 is 0. The third kappa shape index (κ3) is 4.11.